The van der Waals surface area contributed by atoms with E-state index < -0.39 is 0 Å². The Morgan fingerprint density at radius 1 is 1.14 bits per heavy atom. The molecule has 1 unspecified atom stereocenters. The van der Waals surface area contributed by atoms with Crippen molar-refractivity contribution in [2.45, 2.75) is 57.7 Å². The lowest BCUT2D eigenvalue weighted by Gasteiger charge is -2.35. The maximum absolute atomic E-state index is 14.0. The fourth-order valence-corrected chi connectivity index (χ4v) is 5.58. The third-order valence-electron chi connectivity index (χ3n) is 6.92. The van der Waals surface area contributed by atoms with Crippen molar-refractivity contribution in [1.29, 1.82) is 0 Å². The third kappa shape index (κ3) is 3.95. The number of nitrogens with one attached hydrogen (secondary N) is 1. The van der Waals surface area contributed by atoms with Gasteiger partial charge in [0.25, 0.3) is 5.56 Å². The summed E-state index contributed by atoms with van der Waals surface area (Å²) in [6.45, 7) is 8.19. The molecule has 8 heteroatoms. The molecule has 0 saturated heterocycles. The Balaban J connectivity index is 1.68. The fourth-order valence-electron chi connectivity index (χ4n) is 4.87. The number of fused-ring (bicyclic) bond motifs is 4. The Morgan fingerprint density at radius 3 is 2.63 bits per heavy atom. The lowest BCUT2D eigenvalue weighted by molar-refractivity contribution is -0.116. The molecular formula is C27H29N5O2S. The van der Waals surface area contributed by atoms with Crippen LogP contribution in [0.4, 0.5) is 5.69 Å². The number of aryl methyl sites for hydroxylation is 1. The highest BCUT2D eigenvalue weighted by Crippen LogP contribution is 2.42. The topological polar surface area (TPSA) is 81.3 Å². The van der Waals surface area contributed by atoms with Gasteiger partial charge in [0.05, 0.1) is 11.3 Å². The van der Waals surface area contributed by atoms with Crippen LogP contribution in [-0.2, 0) is 23.2 Å². The third-order valence-corrected chi connectivity index (χ3v) is 7.73. The van der Waals surface area contributed by atoms with Gasteiger partial charge in [0.1, 0.15) is 6.54 Å². The largest absolute Gasteiger partial charge is 0.324 e. The van der Waals surface area contributed by atoms with Crippen molar-refractivity contribution in [1.82, 2.24) is 19.2 Å². The number of carbonyl (C=O) groups is 1. The summed E-state index contributed by atoms with van der Waals surface area (Å²) in [6, 6.07) is 15.8. The smallest absolute Gasteiger partial charge is 0.265 e. The Bertz CT molecular complexity index is 1510. The molecule has 1 amide bonds. The number of nitrogens with zero attached hydrogens (tertiary/aromatic N) is 4. The first kappa shape index (κ1) is 23.4. The molecule has 1 aliphatic rings. The number of benzene rings is 2. The van der Waals surface area contributed by atoms with Gasteiger partial charge in [-0.2, -0.15) is 0 Å². The fraction of sp³-hybridized carbons (Fsp3) is 0.333. The van der Waals surface area contributed by atoms with Crippen molar-refractivity contribution < 1.29 is 4.79 Å². The van der Waals surface area contributed by atoms with Crippen molar-refractivity contribution in [2.24, 2.45) is 0 Å². The van der Waals surface area contributed by atoms with Gasteiger partial charge in [-0.25, -0.2) is 14.1 Å². The molecule has 35 heavy (non-hydrogen) atoms. The van der Waals surface area contributed by atoms with Crippen LogP contribution >= 0.6 is 11.8 Å². The van der Waals surface area contributed by atoms with Crippen LogP contribution in [0.25, 0.3) is 17.0 Å². The minimum Gasteiger partial charge on any atom is -0.324 e. The van der Waals surface area contributed by atoms with Crippen LogP contribution < -0.4 is 10.9 Å². The standard InChI is InChI=1S/C27H29N5O2S/c1-5-27(4)15-18-12-8-9-13-19(18)23-22(27)24(34)32-25(29-23)31(30-26(32)35-6-2)16-21(33)28-20-14-10-7-11-17(20)3/h7-14H,5-6,15-16H2,1-4H3,(H,28,33). The summed E-state index contributed by atoms with van der Waals surface area (Å²) in [5, 5.41) is 8.18. The second kappa shape index (κ2) is 9.00. The zero-order valence-corrected chi connectivity index (χ0v) is 21.3. The number of anilines is 1. The van der Waals surface area contributed by atoms with Crippen LogP contribution in [0.15, 0.2) is 58.5 Å². The molecule has 1 N–H and O–H groups in total. The van der Waals surface area contributed by atoms with E-state index >= 15 is 0 Å². The molecule has 2 aromatic carbocycles. The number of para-hydroxylation sites is 1. The van der Waals surface area contributed by atoms with Gasteiger partial charge < -0.3 is 5.32 Å². The number of amides is 1. The number of aromatic nitrogens is 4. The molecule has 1 atom stereocenters. The average Bonchev–Trinajstić information content (AvgIpc) is 3.18. The van der Waals surface area contributed by atoms with Gasteiger partial charge in [0, 0.05) is 16.7 Å². The van der Waals surface area contributed by atoms with Gasteiger partial charge in [-0.3, -0.25) is 9.59 Å². The van der Waals surface area contributed by atoms with E-state index in [0.29, 0.717) is 16.6 Å². The number of hydrogen-bond donors (Lipinski definition) is 1. The number of hydrogen-bond acceptors (Lipinski definition) is 5. The minimum absolute atomic E-state index is 0.0416. The Morgan fingerprint density at radius 2 is 1.89 bits per heavy atom. The predicted molar refractivity (Wildman–Crippen MR) is 140 cm³/mol. The van der Waals surface area contributed by atoms with Gasteiger partial charge in [0.15, 0.2) is 5.16 Å². The number of carbonyl (C=O) groups excluding carboxylic acids is 1. The van der Waals surface area contributed by atoms with E-state index in [0.717, 1.165) is 41.0 Å². The average molecular weight is 488 g/mol. The maximum atomic E-state index is 14.0. The monoisotopic (exact) mass is 487 g/mol. The normalized spacial score (nSPS) is 16.7. The van der Waals surface area contributed by atoms with Crippen LogP contribution in [0.5, 0.6) is 0 Å². The minimum atomic E-state index is -0.326. The molecule has 0 bridgehead atoms. The van der Waals surface area contributed by atoms with E-state index in [4.69, 9.17) is 4.98 Å². The second-order valence-electron chi connectivity index (χ2n) is 9.26. The molecule has 7 nitrogen and oxygen atoms in total. The molecule has 0 saturated carbocycles. The first-order valence-corrected chi connectivity index (χ1v) is 13.0. The van der Waals surface area contributed by atoms with Crippen LogP contribution in [0, 0.1) is 6.92 Å². The van der Waals surface area contributed by atoms with Crippen molar-refractivity contribution in [3.63, 3.8) is 0 Å². The Labute approximate surface area is 208 Å². The summed E-state index contributed by atoms with van der Waals surface area (Å²) >= 11 is 1.48. The molecular weight excluding hydrogens is 458 g/mol. The van der Waals surface area contributed by atoms with Crippen LogP contribution in [-0.4, -0.2) is 30.8 Å². The van der Waals surface area contributed by atoms with E-state index in [1.54, 1.807) is 9.08 Å². The van der Waals surface area contributed by atoms with Gasteiger partial charge in [-0.15, -0.1) is 5.10 Å². The summed E-state index contributed by atoms with van der Waals surface area (Å²) in [5.74, 6) is 0.918. The van der Waals surface area contributed by atoms with Crippen molar-refractivity contribution in [3.8, 4) is 11.3 Å². The molecule has 0 radical (unpaired) electrons. The summed E-state index contributed by atoms with van der Waals surface area (Å²) in [5.41, 5.74) is 4.92. The quantitative estimate of drug-likeness (QED) is 0.394. The van der Waals surface area contributed by atoms with Crippen LogP contribution in [0.2, 0.25) is 0 Å². The highest BCUT2D eigenvalue weighted by Gasteiger charge is 2.38. The molecule has 4 aromatic rings. The summed E-state index contributed by atoms with van der Waals surface area (Å²) < 4.78 is 3.14. The van der Waals surface area contributed by atoms with Gasteiger partial charge in [-0.1, -0.05) is 75.0 Å². The van der Waals surface area contributed by atoms with Crippen molar-refractivity contribution >= 4 is 29.1 Å². The number of rotatable bonds is 6. The second-order valence-corrected chi connectivity index (χ2v) is 10.5. The van der Waals surface area contributed by atoms with Gasteiger partial charge in [0.2, 0.25) is 11.7 Å². The lowest BCUT2D eigenvalue weighted by atomic mass is 9.69. The number of thioether (sulfide) groups is 1. The van der Waals surface area contributed by atoms with Crippen molar-refractivity contribution in [3.05, 3.63) is 75.6 Å². The summed E-state index contributed by atoms with van der Waals surface area (Å²) in [7, 11) is 0. The predicted octanol–water partition coefficient (Wildman–Crippen LogP) is 4.84. The maximum Gasteiger partial charge on any atom is 0.265 e. The molecule has 180 valence electrons. The van der Waals surface area contributed by atoms with E-state index in [2.05, 4.69) is 30.3 Å². The van der Waals surface area contributed by atoms with Crippen molar-refractivity contribution in [2.75, 3.05) is 11.1 Å². The molecule has 2 heterocycles. The first-order valence-electron chi connectivity index (χ1n) is 12.0. The SMILES string of the molecule is CCSc1nn(CC(=O)Nc2ccccc2C)c2nc3c(c(=O)n12)C(C)(CC)Cc1ccccc1-3. The van der Waals surface area contributed by atoms with Gasteiger partial charge in [-0.05, 0) is 42.7 Å². The highest BCUT2D eigenvalue weighted by atomic mass is 32.2. The molecule has 0 fully saturated rings. The lowest BCUT2D eigenvalue weighted by Crippen LogP contribution is -2.38. The Hall–Kier alpha value is -3.39. The highest BCUT2D eigenvalue weighted by molar-refractivity contribution is 7.99. The van der Waals surface area contributed by atoms with E-state index in [9.17, 15) is 9.59 Å². The zero-order valence-electron chi connectivity index (χ0n) is 20.5. The van der Waals surface area contributed by atoms with E-state index in [1.807, 2.05) is 56.3 Å². The van der Waals surface area contributed by atoms with Crippen LogP contribution in [0.3, 0.4) is 0 Å². The van der Waals surface area contributed by atoms with E-state index in [1.165, 1.54) is 17.3 Å². The molecule has 1 aliphatic carbocycles. The zero-order chi connectivity index (χ0) is 24.7. The first-order chi connectivity index (χ1) is 16.9. The molecule has 0 aliphatic heterocycles. The van der Waals surface area contributed by atoms with E-state index in [-0.39, 0.29) is 23.4 Å². The van der Waals surface area contributed by atoms with Gasteiger partial charge >= 0.3 is 0 Å². The summed E-state index contributed by atoms with van der Waals surface area (Å²) in [6.07, 6.45) is 1.61. The van der Waals surface area contributed by atoms with Crippen LogP contribution in [0.1, 0.15) is 43.9 Å². The molecule has 0 spiro atoms. The molecule has 2 aromatic heterocycles. The summed E-state index contributed by atoms with van der Waals surface area (Å²) in [4.78, 5) is 32.0. The Kier molecular flexibility index (Phi) is 6.01. The molecule has 5 rings (SSSR count).